The molecule has 0 heterocycles. The molecular weight excluding hydrogens is 264 g/mol. The first-order chi connectivity index (χ1) is 7.20. The number of ether oxygens (including phenoxy) is 1. The number of carbonyl (C=O) groups is 1. The van der Waals surface area contributed by atoms with Gasteiger partial charge in [0.15, 0.2) is 0 Å². The van der Waals surface area contributed by atoms with E-state index in [-0.39, 0.29) is 24.3 Å². The molecule has 0 amide bonds. The van der Waals surface area contributed by atoms with Crippen LogP contribution in [0.2, 0.25) is 0 Å². The lowest BCUT2D eigenvalue weighted by molar-refractivity contribution is -0.139. The van der Waals surface area contributed by atoms with Crippen molar-refractivity contribution in [3.63, 3.8) is 0 Å². The molecule has 0 radical (unpaired) electrons. The third-order valence-corrected chi connectivity index (χ3v) is 2.33. The summed E-state index contributed by atoms with van der Waals surface area (Å²) in [6.07, 6.45) is 4.85. The van der Waals surface area contributed by atoms with E-state index in [4.69, 9.17) is 9.84 Å². The largest absolute Gasteiger partial charge is 0.511 e. The van der Waals surface area contributed by atoms with Gasteiger partial charge in [0.2, 0.25) is 0 Å². The van der Waals surface area contributed by atoms with Gasteiger partial charge in [0.05, 0.1) is 17.5 Å². The number of hydrogen-bond acceptors (Lipinski definition) is 4. The highest BCUT2D eigenvalue weighted by molar-refractivity contribution is 9.09. The van der Waals surface area contributed by atoms with Crippen molar-refractivity contribution in [2.75, 3.05) is 18.5 Å². The third-order valence-electron chi connectivity index (χ3n) is 1.80. The van der Waals surface area contributed by atoms with Gasteiger partial charge in [0.1, 0.15) is 12.4 Å². The van der Waals surface area contributed by atoms with E-state index >= 15 is 0 Å². The molecule has 0 fully saturated rings. The van der Waals surface area contributed by atoms with E-state index in [9.17, 15) is 9.90 Å². The summed E-state index contributed by atoms with van der Waals surface area (Å²) in [4.78, 5) is 11.4. The number of aliphatic hydroxyl groups excluding tert-OH is 2. The third kappa shape index (κ3) is 2.94. The summed E-state index contributed by atoms with van der Waals surface area (Å²) in [5, 5.41) is 18.3. The molecule has 4 nitrogen and oxygen atoms in total. The zero-order valence-corrected chi connectivity index (χ0v) is 9.53. The molecule has 0 aliphatic heterocycles. The number of rotatable bonds is 4. The summed E-state index contributed by atoms with van der Waals surface area (Å²) in [5.41, 5.74) is 0.759. The second kappa shape index (κ2) is 5.72. The van der Waals surface area contributed by atoms with Crippen LogP contribution in [0.1, 0.15) is 0 Å². The molecule has 0 unspecified atom stereocenters. The topological polar surface area (TPSA) is 66.8 Å². The van der Waals surface area contributed by atoms with Gasteiger partial charge in [-0.15, -0.1) is 0 Å². The maximum atomic E-state index is 11.4. The Labute approximate surface area is 95.7 Å². The molecule has 0 spiro atoms. The predicted molar refractivity (Wildman–Crippen MR) is 58.7 cm³/mol. The molecule has 0 aromatic heterocycles. The molecule has 1 aliphatic rings. The molecule has 0 atom stereocenters. The summed E-state index contributed by atoms with van der Waals surface area (Å²) >= 11 is 3.09. The minimum Gasteiger partial charge on any atom is -0.511 e. The van der Waals surface area contributed by atoms with E-state index in [1.165, 1.54) is 0 Å². The zero-order valence-electron chi connectivity index (χ0n) is 7.94. The fraction of sp³-hybridized carbons (Fsp3) is 0.300. The molecule has 1 rings (SSSR count). The van der Waals surface area contributed by atoms with Gasteiger partial charge in [-0.3, -0.25) is 0 Å². The second-order valence-corrected chi connectivity index (χ2v) is 3.35. The van der Waals surface area contributed by atoms with Crippen LogP contribution in [0.3, 0.4) is 0 Å². The molecule has 0 saturated heterocycles. The molecule has 0 aromatic rings. The molecule has 1 aliphatic carbocycles. The van der Waals surface area contributed by atoms with Crippen molar-refractivity contribution in [1.82, 2.24) is 0 Å². The first kappa shape index (κ1) is 12.0. The van der Waals surface area contributed by atoms with E-state index in [1.54, 1.807) is 18.2 Å². The summed E-state index contributed by atoms with van der Waals surface area (Å²) in [6.45, 7) is -0.256. The maximum absolute atomic E-state index is 11.4. The number of halogens is 1. The predicted octanol–water partition coefficient (Wildman–Crippen LogP) is 1.23. The molecular formula is C10H11BrO4. The van der Waals surface area contributed by atoms with Crippen molar-refractivity contribution in [2.24, 2.45) is 0 Å². The fourth-order valence-electron chi connectivity index (χ4n) is 1.14. The Bertz CT molecular complexity index is 341. The lowest BCUT2D eigenvalue weighted by Crippen LogP contribution is -2.12. The molecule has 2 N–H and O–H groups in total. The van der Waals surface area contributed by atoms with Crippen molar-refractivity contribution in [2.45, 2.75) is 0 Å². The number of carbonyl (C=O) groups excluding carboxylic acids is 1. The van der Waals surface area contributed by atoms with E-state index in [2.05, 4.69) is 15.9 Å². The van der Waals surface area contributed by atoms with Crippen LogP contribution in [0.25, 0.3) is 0 Å². The Kier molecular flexibility index (Phi) is 4.58. The lowest BCUT2D eigenvalue weighted by Gasteiger charge is -2.06. The first-order valence-corrected chi connectivity index (χ1v) is 5.47. The van der Waals surface area contributed by atoms with Gasteiger partial charge in [0, 0.05) is 5.57 Å². The average Bonchev–Trinajstić information content (AvgIpc) is 2.73. The van der Waals surface area contributed by atoms with Gasteiger partial charge >= 0.3 is 5.97 Å². The summed E-state index contributed by atoms with van der Waals surface area (Å²) in [5.74, 6) is -0.465. The number of allylic oxidation sites excluding steroid dienone is 4. The van der Waals surface area contributed by atoms with E-state index in [0.29, 0.717) is 11.1 Å². The van der Waals surface area contributed by atoms with Gasteiger partial charge in [-0.05, 0) is 6.08 Å². The normalized spacial score (nSPS) is 17.6. The Morgan fingerprint density at radius 3 is 2.87 bits per heavy atom. The van der Waals surface area contributed by atoms with E-state index in [1.807, 2.05) is 0 Å². The maximum Gasteiger partial charge on any atom is 0.338 e. The van der Waals surface area contributed by atoms with Crippen LogP contribution in [-0.2, 0) is 9.53 Å². The van der Waals surface area contributed by atoms with Crippen LogP contribution in [0.4, 0.5) is 0 Å². The summed E-state index contributed by atoms with van der Waals surface area (Å²) in [7, 11) is 0. The molecule has 5 heteroatoms. The molecule has 0 bridgehead atoms. The first-order valence-electron chi connectivity index (χ1n) is 4.35. The van der Waals surface area contributed by atoms with Crippen molar-refractivity contribution in [3.8, 4) is 0 Å². The lowest BCUT2D eigenvalue weighted by atomic mass is 10.1. The number of hydrogen-bond donors (Lipinski definition) is 2. The van der Waals surface area contributed by atoms with Crippen molar-refractivity contribution in [1.29, 1.82) is 0 Å². The Balaban J connectivity index is 2.76. The number of esters is 1. The van der Waals surface area contributed by atoms with E-state index < -0.39 is 5.97 Å². The van der Waals surface area contributed by atoms with Gasteiger partial charge in [-0.25, -0.2) is 4.79 Å². The standard InChI is InChI=1S/C10H11BrO4/c11-6-9(13)7-2-1-3-8(7)10(14)15-5-4-12/h1-3,12-13H,4-6H2/b9-7+. The summed E-state index contributed by atoms with van der Waals surface area (Å²) in [6, 6.07) is 0. The fourth-order valence-corrected chi connectivity index (χ4v) is 1.44. The van der Waals surface area contributed by atoms with Gasteiger partial charge in [-0.2, -0.15) is 0 Å². The second-order valence-electron chi connectivity index (χ2n) is 2.79. The van der Waals surface area contributed by atoms with Crippen LogP contribution >= 0.6 is 15.9 Å². The number of alkyl halides is 1. The van der Waals surface area contributed by atoms with Crippen LogP contribution in [-0.4, -0.2) is 34.7 Å². The Hall–Kier alpha value is -1.07. The van der Waals surface area contributed by atoms with Crippen molar-refractivity contribution >= 4 is 21.9 Å². The SMILES string of the molecule is O=C(OCCO)C1=CC=C/C1=C(\O)CBr. The zero-order chi connectivity index (χ0) is 11.3. The summed E-state index contributed by atoms with van der Waals surface area (Å²) < 4.78 is 4.74. The Morgan fingerprint density at radius 2 is 2.27 bits per heavy atom. The van der Waals surface area contributed by atoms with Crippen molar-refractivity contribution < 1.29 is 19.7 Å². The van der Waals surface area contributed by atoms with Gasteiger partial charge in [0.25, 0.3) is 0 Å². The van der Waals surface area contributed by atoms with Crippen LogP contribution < -0.4 is 0 Å². The highest BCUT2D eigenvalue weighted by Gasteiger charge is 2.19. The van der Waals surface area contributed by atoms with Crippen molar-refractivity contribution in [3.05, 3.63) is 35.1 Å². The minimum atomic E-state index is -0.545. The minimum absolute atomic E-state index is 0.0431. The van der Waals surface area contributed by atoms with Crippen LogP contribution in [0.5, 0.6) is 0 Å². The monoisotopic (exact) mass is 274 g/mol. The quantitative estimate of drug-likeness (QED) is 0.460. The molecule has 0 saturated carbocycles. The molecule has 82 valence electrons. The highest BCUT2D eigenvalue weighted by atomic mass is 79.9. The molecule has 15 heavy (non-hydrogen) atoms. The smallest absolute Gasteiger partial charge is 0.338 e. The van der Waals surface area contributed by atoms with Gasteiger partial charge in [-0.1, -0.05) is 28.1 Å². The highest BCUT2D eigenvalue weighted by Crippen LogP contribution is 2.23. The number of aliphatic hydroxyl groups is 2. The van der Waals surface area contributed by atoms with Crippen LogP contribution in [0.15, 0.2) is 35.1 Å². The van der Waals surface area contributed by atoms with E-state index in [0.717, 1.165) is 0 Å². The van der Waals surface area contributed by atoms with Crippen LogP contribution in [0, 0.1) is 0 Å². The molecule has 0 aromatic carbocycles. The average molecular weight is 275 g/mol. The Morgan fingerprint density at radius 1 is 1.53 bits per heavy atom. The van der Waals surface area contributed by atoms with Gasteiger partial charge < -0.3 is 14.9 Å².